The highest BCUT2D eigenvalue weighted by atomic mass is 79.9. The smallest absolute Gasteiger partial charge is 0.410 e. The third-order valence-corrected chi connectivity index (χ3v) is 4.83. The summed E-state index contributed by atoms with van der Waals surface area (Å²) in [7, 11) is 0. The topological polar surface area (TPSA) is 29.5 Å². The van der Waals surface area contributed by atoms with Gasteiger partial charge in [-0.2, -0.15) is 0 Å². The lowest BCUT2D eigenvalue weighted by Gasteiger charge is -2.25. The Kier molecular flexibility index (Phi) is 5.23. The molecule has 0 bridgehead atoms. The maximum atomic E-state index is 12.4. The number of hydrogen-bond acceptors (Lipinski definition) is 2. The van der Waals surface area contributed by atoms with Crippen LogP contribution in [0.15, 0.2) is 53.0 Å². The van der Waals surface area contributed by atoms with E-state index in [0.717, 1.165) is 28.4 Å². The number of hydrogen-bond donors (Lipinski definition) is 0. The van der Waals surface area contributed by atoms with Crippen molar-refractivity contribution in [1.29, 1.82) is 0 Å². The number of rotatable bonds is 3. The van der Waals surface area contributed by atoms with Crippen LogP contribution in [0, 0.1) is 0 Å². The fraction of sp³-hybridized carbons (Fsp3) is 0.278. The van der Waals surface area contributed by atoms with Crippen molar-refractivity contribution in [2.45, 2.75) is 25.5 Å². The van der Waals surface area contributed by atoms with Gasteiger partial charge < -0.3 is 9.64 Å². The van der Waals surface area contributed by atoms with Crippen molar-refractivity contribution in [3.05, 3.63) is 69.2 Å². The lowest BCUT2D eigenvalue weighted by Crippen LogP contribution is -2.31. The fourth-order valence-electron chi connectivity index (χ4n) is 2.88. The molecule has 1 amide bonds. The first kappa shape index (κ1) is 16.3. The van der Waals surface area contributed by atoms with Gasteiger partial charge in [-0.15, -0.1) is 0 Å². The number of ether oxygens (including phenoxy) is 1. The lowest BCUT2D eigenvalue weighted by molar-refractivity contribution is 0.0921. The minimum atomic E-state index is -0.282. The van der Waals surface area contributed by atoms with Gasteiger partial charge in [-0.25, -0.2) is 4.79 Å². The van der Waals surface area contributed by atoms with Crippen molar-refractivity contribution in [3.63, 3.8) is 0 Å². The summed E-state index contributed by atoms with van der Waals surface area (Å²) in [6.07, 6.45) is 1.58. The number of carbonyl (C=O) groups excluding carboxylic acids is 1. The van der Waals surface area contributed by atoms with E-state index in [1.54, 1.807) is 4.90 Å². The first-order valence-electron chi connectivity index (χ1n) is 7.57. The SMILES string of the molecule is O=C(OCc1ccccc1)N1CCCC1c1ccc(Br)cc1Cl. The molecule has 1 aliphatic rings. The van der Waals surface area contributed by atoms with Crippen LogP contribution < -0.4 is 0 Å². The van der Waals surface area contributed by atoms with Crippen LogP contribution in [0.4, 0.5) is 4.79 Å². The Labute approximate surface area is 149 Å². The standard InChI is InChI=1S/C18H17BrClNO2/c19-14-8-9-15(16(20)11-14)17-7-4-10-21(17)18(22)23-12-13-5-2-1-3-6-13/h1-3,5-6,8-9,11,17H,4,7,10,12H2. The molecule has 1 fully saturated rings. The predicted octanol–water partition coefficient (Wildman–Crippen LogP) is 5.58. The molecule has 1 atom stereocenters. The van der Waals surface area contributed by atoms with Gasteiger partial charge in [-0.05, 0) is 36.1 Å². The Morgan fingerprint density at radius 3 is 2.78 bits per heavy atom. The van der Waals surface area contributed by atoms with Crippen LogP contribution in [0.25, 0.3) is 0 Å². The van der Waals surface area contributed by atoms with Gasteiger partial charge in [0.15, 0.2) is 0 Å². The molecule has 1 heterocycles. The van der Waals surface area contributed by atoms with Crippen molar-refractivity contribution in [2.24, 2.45) is 0 Å². The zero-order valence-electron chi connectivity index (χ0n) is 12.5. The van der Waals surface area contributed by atoms with Crippen LogP contribution >= 0.6 is 27.5 Å². The summed E-state index contributed by atoms with van der Waals surface area (Å²) in [5.74, 6) is 0. The molecule has 1 saturated heterocycles. The normalized spacial score (nSPS) is 17.3. The molecule has 0 N–H and O–H groups in total. The first-order valence-corrected chi connectivity index (χ1v) is 8.74. The van der Waals surface area contributed by atoms with Crippen LogP contribution in [0.5, 0.6) is 0 Å². The minimum absolute atomic E-state index is 0.0149. The van der Waals surface area contributed by atoms with E-state index in [1.807, 2.05) is 48.5 Å². The lowest BCUT2D eigenvalue weighted by atomic mass is 10.0. The molecule has 0 saturated carbocycles. The molecule has 0 aromatic heterocycles. The molecule has 0 aliphatic carbocycles. The molecule has 1 unspecified atom stereocenters. The number of nitrogens with zero attached hydrogens (tertiary/aromatic N) is 1. The highest BCUT2D eigenvalue weighted by Crippen LogP contribution is 2.37. The number of likely N-dealkylation sites (tertiary alicyclic amines) is 1. The van der Waals surface area contributed by atoms with Crippen LogP contribution in [-0.2, 0) is 11.3 Å². The maximum absolute atomic E-state index is 12.4. The average molecular weight is 395 g/mol. The van der Waals surface area contributed by atoms with Crippen molar-refractivity contribution < 1.29 is 9.53 Å². The van der Waals surface area contributed by atoms with Gasteiger partial charge in [0.25, 0.3) is 0 Å². The largest absolute Gasteiger partial charge is 0.445 e. The zero-order valence-corrected chi connectivity index (χ0v) is 14.9. The molecule has 5 heteroatoms. The van der Waals surface area contributed by atoms with E-state index in [-0.39, 0.29) is 18.7 Å². The van der Waals surface area contributed by atoms with Crippen LogP contribution in [0.2, 0.25) is 5.02 Å². The number of amides is 1. The molecule has 2 aromatic carbocycles. The Bertz CT molecular complexity index is 693. The van der Waals surface area contributed by atoms with E-state index in [1.165, 1.54) is 0 Å². The van der Waals surface area contributed by atoms with Crippen molar-refractivity contribution in [1.82, 2.24) is 4.90 Å². The minimum Gasteiger partial charge on any atom is -0.445 e. The van der Waals surface area contributed by atoms with Crippen molar-refractivity contribution >= 4 is 33.6 Å². The Morgan fingerprint density at radius 2 is 2.04 bits per heavy atom. The number of benzene rings is 2. The summed E-state index contributed by atoms with van der Waals surface area (Å²) in [6, 6.07) is 15.5. The van der Waals surface area contributed by atoms with Gasteiger partial charge in [0.1, 0.15) is 6.61 Å². The van der Waals surface area contributed by atoms with Gasteiger partial charge in [-0.3, -0.25) is 0 Å². The second-order valence-electron chi connectivity index (χ2n) is 5.56. The molecule has 23 heavy (non-hydrogen) atoms. The van der Waals surface area contributed by atoms with Gasteiger partial charge in [0.05, 0.1) is 6.04 Å². The molecule has 120 valence electrons. The van der Waals surface area contributed by atoms with E-state index in [4.69, 9.17) is 16.3 Å². The molecule has 3 rings (SSSR count). The first-order chi connectivity index (χ1) is 11.1. The van der Waals surface area contributed by atoms with Crippen LogP contribution in [-0.4, -0.2) is 17.5 Å². The van der Waals surface area contributed by atoms with Crippen molar-refractivity contribution in [3.8, 4) is 0 Å². The van der Waals surface area contributed by atoms with E-state index < -0.39 is 0 Å². The molecule has 3 nitrogen and oxygen atoms in total. The second kappa shape index (κ2) is 7.37. The summed E-state index contributed by atoms with van der Waals surface area (Å²) in [6.45, 7) is 0.988. The summed E-state index contributed by atoms with van der Waals surface area (Å²) in [4.78, 5) is 14.2. The summed E-state index contributed by atoms with van der Waals surface area (Å²) in [5.41, 5.74) is 1.96. The third kappa shape index (κ3) is 3.88. The second-order valence-corrected chi connectivity index (χ2v) is 6.88. The summed E-state index contributed by atoms with van der Waals surface area (Å²) in [5, 5.41) is 0.673. The van der Waals surface area contributed by atoms with E-state index in [9.17, 15) is 4.79 Å². The van der Waals surface area contributed by atoms with Gasteiger partial charge >= 0.3 is 6.09 Å². The Hall–Kier alpha value is -1.52. The Morgan fingerprint density at radius 1 is 1.26 bits per heavy atom. The molecule has 0 radical (unpaired) electrons. The average Bonchev–Trinajstić information content (AvgIpc) is 3.03. The van der Waals surface area contributed by atoms with E-state index in [2.05, 4.69) is 15.9 Å². The van der Waals surface area contributed by atoms with Gasteiger partial charge in [0.2, 0.25) is 0 Å². The molecule has 2 aromatic rings. The Balaban J connectivity index is 1.69. The van der Waals surface area contributed by atoms with E-state index >= 15 is 0 Å². The molecule has 1 aliphatic heterocycles. The quantitative estimate of drug-likeness (QED) is 0.680. The van der Waals surface area contributed by atoms with Crippen molar-refractivity contribution in [2.75, 3.05) is 6.54 Å². The van der Waals surface area contributed by atoms with Gasteiger partial charge in [0, 0.05) is 16.0 Å². The number of carbonyl (C=O) groups is 1. The molecule has 0 spiro atoms. The van der Waals surface area contributed by atoms with Crippen LogP contribution in [0.1, 0.15) is 30.0 Å². The summed E-state index contributed by atoms with van der Waals surface area (Å²) < 4.78 is 6.39. The highest BCUT2D eigenvalue weighted by Gasteiger charge is 2.32. The maximum Gasteiger partial charge on any atom is 0.410 e. The molecular weight excluding hydrogens is 378 g/mol. The highest BCUT2D eigenvalue weighted by molar-refractivity contribution is 9.10. The van der Waals surface area contributed by atoms with Crippen LogP contribution in [0.3, 0.4) is 0 Å². The predicted molar refractivity (Wildman–Crippen MR) is 94.5 cm³/mol. The molecular formula is C18H17BrClNO2. The third-order valence-electron chi connectivity index (χ3n) is 4.01. The fourth-order valence-corrected chi connectivity index (χ4v) is 3.68. The number of halogens is 2. The van der Waals surface area contributed by atoms with Gasteiger partial charge in [-0.1, -0.05) is 63.9 Å². The van der Waals surface area contributed by atoms with E-state index in [0.29, 0.717) is 11.6 Å². The monoisotopic (exact) mass is 393 g/mol. The summed E-state index contributed by atoms with van der Waals surface area (Å²) >= 11 is 9.75. The zero-order chi connectivity index (χ0) is 16.2.